The Morgan fingerprint density at radius 3 is 1.39 bits per heavy atom. The average Bonchev–Trinajstić information content (AvgIpc) is 3.15. The van der Waals surface area contributed by atoms with Gasteiger partial charge in [-0.25, -0.2) is 0 Å². The number of rotatable bonds is 27. The lowest BCUT2D eigenvalue weighted by atomic mass is 9.99. The quantitative estimate of drug-likeness (QED) is 0.0454. The van der Waals surface area contributed by atoms with E-state index in [0.29, 0.717) is 6.61 Å². The van der Waals surface area contributed by atoms with Crippen LogP contribution in [-0.2, 0) is 41.1 Å². The first-order chi connectivity index (χ1) is 29.9. The highest BCUT2D eigenvalue weighted by molar-refractivity contribution is 6.78. The molecule has 1 saturated heterocycles. The van der Waals surface area contributed by atoms with Gasteiger partial charge in [-0.2, -0.15) is 0 Å². The molecule has 0 aromatic carbocycles. The molecule has 2 aliphatic rings. The Hall–Kier alpha value is 0.464. The maximum atomic E-state index is 7.70. The summed E-state index contributed by atoms with van der Waals surface area (Å²) in [6.45, 7) is 54.0. The molecule has 0 spiro atoms. The van der Waals surface area contributed by atoms with Gasteiger partial charge in [0.05, 0.1) is 19.3 Å². The van der Waals surface area contributed by atoms with Gasteiger partial charge in [-0.15, -0.1) is 0 Å². The van der Waals surface area contributed by atoms with Crippen LogP contribution >= 0.6 is 0 Å². The van der Waals surface area contributed by atoms with E-state index in [1.54, 1.807) is 7.11 Å². The van der Waals surface area contributed by atoms with Crippen LogP contribution < -0.4 is 0 Å². The molecule has 392 valence electrons. The smallest absolute Gasteiger partial charge is 0.214 e. The van der Waals surface area contributed by atoms with Crippen molar-refractivity contribution >= 4 is 41.6 Å². The fourth-order valence-corrected chi connectivity index (χ4v) is 15.0. The molecule has 1 fully saturated rings. The number of ether oxygens (including phenoxy) is 4. The van der Waals surface area contributed by atoms with Crippen molar-refractivity contribution < 1.29 is 41.1 Å². The van der Waals surface area contributed by atoms with Crippen molar-refractivity contribution in [1.82, 2.24) is 0 Å². The van der Waals surface area contributed by atoms with Gasteiger partial charge in [0, 0.05) is 7.11 Å². The van der Waals surface area contributed by atoms with Gasteiger partial charge in [0.2, 0.25) is 8.32 Å². The summed E-state index contributed by atoms with van der Waals surface area (Å²) in [4.78, 5) is 0. The minimum absolute atomic E-state index is 0.0181. The monoisotopic (exact) mass is 1020 g/mol. The summed E-state index contributed by atoms with van der Waals surface area (Å²) in [6.07, 6.45) is 14.7. The Labute approximate surface area is 414 Å². The van der Waals surface area contributed by atoms with Gasteiger partial charge >= 0.3 is 0 Å². The van der Waals surface area contributed by atoms with Gasteiger partial charge in [-0.05, 0) is 98.5 Å². The zero-order chi connectivity index (χ0) is 50.8. The fraction of sp³-hybridized carbons (Fsp3) is 0.962. The van der Waals surface area contributed by atoms with Crippen molar-refractivity contribution in [2.75, 3.05) is 27.1 Å². The highest BCUT2D eigenvalue weighted by Crippen LogP contribution is 2.47. The molecule has 2 heterocycles. The summed E-state index contributed by atoms with van der Waals surface area (Å²) in [5, 5.41) is 1.25. The van der Waals surface area contributed by atoms with E-state index in [4.69, 9.17) is 41.1 Å². The van der Waals surface area contributed by atoms with Crippen molar-refractivity contribution in [3.8, 4) is 0 Å². The predicted octanol–water partition coefficient (Wildman–Crippen LogP) is 15.7. The van der Waals surface area contributed by atoms with E-state index in [0.717, 1.165) is 6.42 Å². The molecule has 0 unspecified atom stereocenters. The molecule has 0 aromatic rings. The van der Waals surface area contributed by atoms with Crippen molar-refractivity contribution in [3.63, 3.8) is 0 Å². The van der Waals surface area contributed by atoms with E-state index >= 15 is 0 Å². The molecule has 0 aromatic heterocycles. The van der Waals surface area contributed by atoms with Crippen molar-refractivity contribution in [1.29, 1.82) is 0 Å². The highest BCUT2D eigenvalue weighted by Gasteiger charge is 2.57. The maximum Gasteiger partial charge on any atom is 0.214 e. The van der Waals surface area contributed by atoms with E-state index in [1.165, 1.54) is 75.8 Å². The molecule has 0 saturated carbocycles. The topological polar surface area (TPSA) is 83.1 Å². The molecule has 14 heteroatoms. The van der Waals surface area contributed by atoms with E-state index in [9.17, 15) is 0 Å². The molecule has 0 amide bonds. The predicted molar refractivity (Wildman–Crippen MR) is 292 cm³/mol. The van der Waals surface area contributed by atoms with Crippen LogP contribution in [-0.4, -0.2) is 112 Å². The minimum Gasteiger partial charge on any atom is -0.414 e. The van der Waals surface area contributed by atoms with E-state index in [1.807, 2.05) is 0 Å². The van der Waals surface area contributed by atoms with Gasteiger partial charge in [0.1, 0.15) is 37.3 Å². The largest absolute Gasteiger partial charge is 0.414 e. The molecule has 0 N–H and O–H groups in total. The maximum absolute atomic E-state index is 7.70. The van der Waals surface area contributed by atoms with Gasteiger partial charge < -0.3 is 41.1 Å². The molecule has 66 heavy (non-hydrogen) atoms. The van der Waals surface area contributed by atoms with Crippen molar-refractivity contribution in [2.24, 2.45) is 0 Å². The third-order valence-corrected chi connectivity index (χ3v) is 37.3. The van der Waals surface area contributed by atoms with Crippen LogP contribution in [0.3, 0.4) is 0 Å². The zero-order valence-corrected chi connectivity index (χ0v) is 52.9. The van der Waals surface area contributed by atoms with Crippen LogP contribution in [0.2, 0.25) is 85.6 Å². The molecule has 2 rings (SSSR count). The lowest BCUT2D eigenvalue weighted by Crippen LogP contribution is -2.69. The van der Waals surface area contributed by atoms with Crippen LogP contribution in [0.25, 0.3) is 0 Å². The van der Waals surface area contributed by atoms with Crippen LogP contribution in [0.5, 0.6) is 0 Å². The first-order valence-electron chi connectivity index (χ1n) is 26.4. The second-order valence-electron chi connectivity index (χ2n) is 26.7. The molecule has 7 atom stereocenters. The first-order valence-corrected chi connectivity index (χ1v) is 40.9. The summed E-state index contributed by atoms with van der Waals surface area (Å²) < 4.78 is 63.6. The summed E-state index contributed by atoms with van der Waals surface area (Å²) in [6, 6.07) is 0. The second kappa shape index (κ2) is 25.4. The molecule has 0 aliphatic carbocycles. The lowest BCUT2D eigenvalue weighted by molar-refractivity contribution is -0.296. The first kappa shape index (κ1) is 62.6. The van der Waals surface area contributed by atoms with Crippen LogP contribution in [0.15, 0.2) is 11.3 Å². The summed E-state index contributed by atoms with van der Waals surface area (Å²) in [7, 11) is -10.1. The fourth-order valence-electron chi connectivity index (χ4n) is 7.62. The summed E-state index contributed by atoms with van der Waals surface area (Å²) in [5.41, 5.74) is 0. The number of unbranched alkanes of at least 4 members (excludes halogenated alkanes) is 10. The number of hydrogen-bond donors (Lipinski definition) is 0. The Balaban J connectivity index is 2.63. The molecular weight excluding hydrogens is 909 g/mol. The third kappa shape index (κ3) is 18.5. The summed E-state index contributed by atoms with van der Waals surface area (Å²) >= 11 is 0. The molecule has 0 radical (unpaired) electrons. The highest BCUT2D eigenvalue weighted by atomic mass is 28.4. The lowest BCUT2D eigenvalue weighted by Gasteiger charge is -2.55. The zero-order valence-electron chi connectivity index (χ0n) is 47.9. The third-order valence-electron chi connectivity index (χ3n) is 16.5. The van der Waals surface area contributed by atoms with Gasteiger partial charge in [-0.1, -0.05) is 165 Å². The normalized spacial score (nSPS) is 25.3. The number of allylic oxidation sites excluding steroid dienone is 1. The van der Waals surface area contributed by atoms with Gasteiger partial charge in [-0.3, -0.25) is 0 Å². The molecule has 0 bridgehead atoms. The average molecular weight is 1020 g/mol. The van der Waals surface area contributed by atoms with Crippen LogP contribution in [0, 0.1) is 0 Å². The van der Waals surface area contributed by atoms with Gasteiger partial charge in [0.15, 0.2) is 39.6 Å². The Morgan fingerprint density at radius 1 is 0.530 bits per heavy atom. The van der Waals surface area contributed by atoms with Crippen molar-refractivity contribution in [2.45, 2.75) is 296 Å². The Bertz CT molecular complexity index is 1440. The molecule has 2 aliphatic heterocycles. The SMILES string of the molecule is CCCCCCCCCCCCCC1=C[C@H](OCOC)[C@H](CO[C@@H]2O[C@H](CO[Si](C)(C)C(C)(C)C)[C@@H](O[Si](C)(C)C(C)(C)C)[C@H](O[Si](C)(C)C(C)(C)C)[C@H]2O[Si](C)(C)C(C)(C)C)O[Si]1(C)C. The Morgan fingerprint density at radius 2 is 0.955 bits per heavy atom. The number of hydrogen-bond acceptors (Lipinski definition) is 9. The molecule has 9 nitrogen and oxygen atoms in total. The second-order valence-corrected chi connectivity index (χ2v) is 49.6. The Kier molecular flexibility index (Phi) is 24.1. The van der Waals surface area contributed by atoms with E-state index in [-0.39, 0.29) is 45.8 Å². The van der Waals surface area contributed by atoms with Crippen LogP contribution in [0.1, 0.15) is 167 Å². The minimum atomic E-state index is -2.45. The van der Waals surface area contributed by atoms with Crippen LogP contribution in [0.4, 0.5) is 0 Å². The van der Waals surface area contributed by atoms with Gasteiger partial charge in [0.25, 0.3) is 0 Å². The summed E-state index contributed by atoms with van der Waals surface area (Å²) in [5.74, 6) is 0. The number of methoxy groups -OCH3 is 1. The van der Waals surface area contributed by atoms with E-state index < -0.39 is 72.3 Å². The van der Waals surface area contributed by atoms with Crippen molar-refractivity contribution in [3.05, 3.63) is 11.3 Å². The molecular formula is C52H110O9Si5. The van der Waals surface area contributed by atoms with E-state index in [2.05, 4.69) is 162 Å². The standard InChI is InChI=1S/C52H110O9Si5/c1-25-26-27-28-29-30-31-32-33-34-35-36-41-37-42(55-40-53-14)43(58-62(41,15)16)38-54-48-47(61-66(23,24)52(11,12)13)46(60-65(21,22)51(8,9)10)45(59-64(19,20)50(5,6)7)44(57-48)39-56-63(17,18)49(2,3)4/h37,42-48H,25-36,38-40H2,1-24H3/t42-,43-,44+,45+,46-,47+,48+/m0/s1.